The number of rotatable bonds is 9. The van der Waals surface area contributed by atoms with Crippen molar-refractivity contribution in [2.45, 2.75) is 6.54 Å². The van der Waals surface area contributed by atoms with Gasteiger partial charge in [0.15, 0.2) is 5.82 Å². The second-order valence-corrected chi connectivity index (χ2v) is 9.43. The lowest BCUT2D eigenvalue weighted by Gasteiger charge is -2.12. The summed E-state index contributed by atoms with van der Waals surface area (Å²) in [6.45, 7) is 1.12. The van der Waals surface area contributed by atoms with Crippen LogP contribution in [0.1, 0.15) is 10.4 Å². The van der Waals surface area contributed by atoms with E-state index in [2.05, 4.69) is 31.0 Å². The lowest BCUT2D eigenvalue weighted by Crippen LogP contribution is -2.31. The van der Waals surface area contributed by atoms with Crippen LogP contribution in [0.3, 0.4) is 0 Å². The number of carbonyl (C=O) groups excluding carboxylic acids is 2. The van der Waals surface area contributed by atoms with Gasteiger partial charge in [-0.2, -0.15) is 5.10 Å². The first-order valence-corrected chi connectivity index (χ1v) is 12.5. The molecule has 0 bridgehead atoms. The first-order chi connectivity index (χ1) is 19.3. The number of pyridine rings is 2. The van der Waals surface area contributed by atoms with E-state index in [4.69, 9.17) is 0 Å². The van der Waals surface area contributed by atoms with Gasteiger partial charge in [-0.05, 0) is 62.6 Å². The Labute approximate surface area is 228 Å². The molecule has 0 atom stereocenters. The lowest BCUT2D eigenvalue weighted by atomic mass is 10.0. The molecule has 0 aliphatic heterocycles. The molecule has 0 radical (unpaired) electrons. The fourth-order valence-corrected chi connectivity index (χ4v) is 4.23. The maximum absolute atomic E-state index is 13.1. The number of amides is 2. The van der Waals surface area contributed by atoms with Crippen molar-refractivity contribution in [1.29, 1.82) is 0 Å². The Bertz CT molecular complexity index is 1760. The van der Waals surface area contributed by atoms with E-state index in [1.165, 1.54) is 28.9 Å². The van der Waals surface area contributed by atoms with E-state index in [-0.39, 0.29) is 29.7 Å². The maximum atomic E-state index is 13.1. The smallest absolute Gasteiger partial charge is 0.257 e. The fourth-order valence-electron chi connectivity index (χ4n) is 4.23. The summed E-state index contributed by atoms with van der Waals surface area (Å²) in [6, 6.07) is 13.9. The Balaban J connectivity index is 1.40. The Morgan fingerprint density at radius 3 is 2.62 bits per heavy atom. The number of H-pyrrole nitrogens is 1. The highest BCUT2D eigenvalue weighted by molar-refractivity contribution is 6.12. The van der Waals surface area contributed by atoms with Crippen LogP contribution in [0, 0.1) is 5.82 Å². The third-order valence-electron chi connectivity index (χ3n) is 6.16. The summed E-state index contributed by atoms with van der Waals surface area (Å²) in [7, 11) is 3.85. The molecule has 0 spiro atoms. The zero-order valence-corrected chi connectivity index (χ0v) is 21.9. The number of nitrogens with one attached hydrogen (secondary N) is 4. The Hall–Kier alpha value is -5.10. The van der Waals surface area contributed by atoms with Crippen molar-refractivity contribution in [3.63, 3.8) is 0 Å². The van der Waals surface area contributed by atoms with Crippen molar-refractivity contribution in [2.24, 2.45) is 0 Å². The highest BCUT2D eigenvalue weighted by Crippen LogP contribution is 2.30. The van der Waals surface area contributed by atoms with Gasteiger partial charge in [0, 0.05) is 59.0 Å². The molecular formula is C28H27FN8O3. The number of halogens is 1. The van der Waals surface area contributed by atoms with Gasteiger partial charge >= 0.3 is 0 Å². The average Bonchev–Trinajstić information content (AvgIpc) is 3.35. The van der Waals surface area contributed by atoms with Crippen LogP contribution >= 0.6 is 0 Å². The molecule has 0 aliphatic carbocycles. The number of likely N-dealkylation sites (N-methyl/N-ethyl adjacent to an activating group) is 1. The van der Waals surface area contributed by atoms with Crippen molar-refractivity contribution >= 4 is 50.8 Å². The molecule has 11 nitrogen and oxygen atoms in total. The number of benzene rings is 2. The molecule has 0 saturated carbocycles. The molecule has 5 rings (SSSR count). The predicted octanol–water partition coefficient (Wildman–Crippen LogP) is 3.09. The van der Waals surface area contributed by atoms with Crippen LogP contribution in [-0.2, 0) is 11.3 Å². The minimum absolute atomic E-state index is 0.0569. The number of nitrogens with zero attached hydrogens (tertiary/aromatic N) is 4. The second-order valence-electron chi connectivity index (χ2n) is 9.43. The number of fused-ring (bicyclic) bond motifs is 3. The number of hydrogen-bond acceptors (Lipinski definition) is 7. The molecule has 2 amide bonds. The van der Waals surface area contributed by atoms with E-state index < -0.39 is 0 Å². The van der Waals surface area contributed by atoms with E-state index in [1.54, 1.807) is 42.7 Å². The van der Waals surface area contributed by atoms with Gasteiger partial charge in [0.05, 0.1) is 5.69 Å². The van der Waals surface area contributed by atoms with Crippen LogP contribution in [0.15, 0.2) is 71.8 Å². The molecule has 0 fully saturated rings. The van der Waals surface area contributed by atoms with Gasteiger partial charge in [-0.1, -0.05) is 0 Å². The van der Waals surface area contributed by atoms with Gasteiger partial charge in [0.25, 0.3) is 11.5 Å². The first-order valence-electron chi connectivity index (χ1n) is 12.5. The van der Waals surface area contributed by atoms with Crippen molar-refractivity contribution in [1.82, 2.24) is 30.0 Å². The molecule has 3 aromatic heterocycles. The standard InChI is InChI=1S/C28H27FN8O3/c1-36(2)14-12-31-27(39)17-3-8-20-21(15-17)25-22(9-11-30-26(25)34-28(20)40)33-23-10-13-37(35-23)16-24(38)32-19-6-4-18(29)5-7-19/h3-11,13,15H,12,14,16H2,1-2H3,(H,31,39)(H,32,38)(H2,30,33,34,35,40). The van der Waals surface area contributed by atoms with Crippen LogP contribution in [0.25, 0.3) is 21.8 Å². The molecule has 5 aromatic rings. The van der Waals surface area contributed by atoms with Crippen LogP contribution < -0.4 is 21.5 Å². The molecule has 12 heteroatoms. The van der Waals surface area contributed by atoms with Gasteiger partial charge in [0.2, 0.25) is 5.91 Å². The molecule has 0 aliphatic rings. The summed E-state index contributed by atoms with van der Waals surface area (Å²) in [6.07, 6.45) is 3.20. The summed E-state index contributed by atoms with van der Waals surface area (Å²) < 4.78 is 14.6. The first kappa shape index (κ1) is 26.5. The van der Waals surface area contributed by atoms with E-state index in [0.29, 0.717) is 57.7 Å². The molecule has 0 unspecified atom stereocenters. The summed E-state index contributed by atoms with van der Waals surface area (Å²) in [5, 5.41) is 14.8. The summed E-state index contributed by atoms with van der Waals surface area (Å²) in [4.78, 5) is 47.0. The second kappa shape index (κ2) is 11.3. The topological polar surface area (TPSA) is 137 Å². The Morgan fingerprint density at radius 2 is 1.85 bits per heavy atom. The Morgan fingerprint density at radius 1 is 1.05 bits per heavy atom. The van der Waals surface area contributed by atoms with Gasteiger partial charge < -0.3 is 25.8 Å². The molecule has 3 heterocycles. The highest BCUT2D eigenvalue weighted by atomic mass is 19.1. The van der Waals surface area contributed by atoms with Crippen molar-refractivity contribution in [2.75, 3.05) is 37.8 Å². The summed E-state index contributed by atoms with van der Waals surface area (Å²) in [5.41, 5.74) is 1.54. The number of carbonyl (C=O) groups is 2. The third-order valence-corrected chi connectivity index (χ3v) is 6.16. The molecule has 4 N–H and O–H groups in total. The van der Waals surface area contributed by atoms with E-state index >= 15 is 0 Å². The highest BCUT2D eigenvalue weighted by Gasteiger charge is 2.15. The molecule has 40 heavy (non-hydrogen) atoms. The van der Waals surface area contributed by atoms with Gasteiger partial charge in [-0.15, -0.1) is 0 Å². The molecule has 0 saturated heterocycles. The van der Waals surface area contributed by atoms with Crippen LogP contribution in [0.4, 0.5) is 21.6 Å². The number of aromatic nitrogens is 4. The molecule has 204 valence electrons. The summed E-state index contributed by atoms with van der Waals surface area (Å²) in [5.74, 6) is -0.497. The normalized spacial score (nSPS) is 11.2. The average molecular weight is 543 g/mol. The van der Waals surface area contributed by atoms with E-state index in [9.17, 15) is 18.8 Å². The zero-order chi connectivity index (χ0) is 28.2. The monoisotopic (exact) mass is 542 g/mol. The fraction of sp³-hybridized carbons (Fsp3) is 0.179. The molecular weight excluding hydrogens is 515 g/mol. The van der Waals surface area contributed by atoms with E-state index in [0.717, 1.165) is 0 Å². The van der Waals surface area contributed by atoms with E-state index in [1.807, 2.05) is 19.0 Å². The summed E-state index contributed by atoms with van der Waals surface area (Å²) >= 11 is 0. The molecule has 2 aromatic carbocycles. The SMILES string of the molecule is CN(C)CCNC(=O)c1ccc2c(=O)[nH]c3nccc(Nc4ccn(CC(=O)Nc5ccc(F)cc5)n4)c3c2c1. The van der Waals surface area contributed by atoms with Crippen LogP contribution in [0.2, 0.25) is 0 Å². The van der Waals surface area contributed by atoms with Gasteiger partial charge in [-0.25, -0.2) is 9.37 Å². The minimum atomic E-state index is -0.388. The number of aromatic amines is 1. The minimum Gasteiger partial charge on any atom is -0.351 e. The third kappa shape index (κ3) is 5.97. The lowest BCUT2D eigenvalue weighted by molar-refractivity contribution is -0.116. The van der Waals surface area contributed by atoms with Crippen LogP contribution in [0.5, 0.6) is 0 Å². The largest absolute Gasteiger partial charge is 0.351 e. The van der Waals surface area contributed by atoms with Crippen molar-refractivity contribution < 1.29 is 14.0 Å². The van der Waals surface area contributed by atoms with Crippen molar-refractivity contribution in [3.8, 4) is 0 Å². The van der Waals surface area contributed by atoms with Crippen LogP contribution in [-0.4, -0.2) is 63.6 Å². The number of anilines is 3. The quantitative estimate of drug-likeness (QED) is 0.210. The maximum Gasteiger partial charge on any atom is 0.257 e. The van der Waals surface area contributed by atoms with Gasteiger partial charge in [0.1, 0.15) is 18.0 Å². The van der Waals surface area contributed by atoms with Crippen molar-refractivity contribution in [3.05, 3.63) is 88.7 Å². The predicted molar refractivity (Wildman–Crippen MR) is 151 cm³/mol. The van der Waals surface area contributed by atoms with Gasteiger partial charge in [-0.3, -0.25) is 19.1 Å². The zero-order valence-electron chi connectivity index (χ0n) is 21.9. The Kier molecular flexibility index (Phi) is 7.51. The number of hydrogen-bond donors (Lipinski definition) is 4.